The fourth-order valence-electron chi connectivity index (χ4n) is 3.33. The number of rotatable bonds is 3. The number of carbonyl (C=O) groups excluding carboxylic acids is 2. The second-order valence-corrected chi connectivity index (χ2v) is 7.09. The number of imide groups is 1. The van der Waals surface area contributed by atoms with Gasteiger partial charge in [0.1, 0.15) is 0 Å². The average molecular weight is 402 g/mol. The van der Waals surface area contributed by atoms with E-state index in [0.29, 0.717) is 23.8 Å². The van der Waals surface area contributed by atoms with Crippen LogP contribution in [0.25, 0.3) is 0 Å². The van der Waals surface area contributed by atoms with Gasteiger partial charge in [-0.05, 0) is 50.5 Å². The van der Waals surface area contributed by atoms with E-state index in [1.807, 2.05) is 0 Å². The van der Waals surface area contributed by atoms with E-state index in [0.717, 1.165) is 24.2 Å². The Hall–Kier alpha value is -2.93. The van der Waals surface area contributed by atoms with Gasteiger partial charge in [-0.2, -0.15) is 0 Å². The maximum absolute atomic E-state index is 13.3. The average Bonchev–Trinajstić information content (AvgIpc) is 2.68. The van der Waals surface area contributed by atoms with Crippen molar-refractivity contribution in [2.75, 3.05) is 18.0 Å². The van der Waals surface area contributed by atoms with Gasteiger partial charge >= 0.3 is 6.03 Å². The number of amides is 3. The normalized spacial score (nSPS) is 13.9. The van der Waals surface area contributed by atoms with Crippen LogP contribution in [0.1, 0.15) is 35.2 Å². The van der Waals surface area contributed by atoms with Gasteiger partial charge in [-0.25, -0.2) is 9.69 Å². The van der Waals surface area contributed by atoms with E-state index in [4.69, 9.17) is 11.6 Å². The summed E-state index contributed by atoms with van der Waals surface area (Å²) in [6.45, 7) is 2.64. The van der Waals surface area contributed by atoms with Crippen LogP contribution in [0.2, 0.25) is 5.02 Å². The molecule has 0 spiro atoms. The molecule has 3 rings (SSSR count). The number of halogens is 1. The maximum atomic E-state index is 13.3. The second-order valence-electron chi connectivity index (χ2n) is 6.66. The fourth-order valence-corrected chi connectivity index (χ4v) is 3.51. The van der Waals surface area contributed by atoms with E-state index >= 15 is 0 Å². The number of nitrogens with zero attached hydrogens (tertiary/aromatic N) is 3. The van der Waals surface area contributed by atoms with Crippen molar-refractivity contribution in [1.82, 2.24) is 4.90 Å². The zero-order valence-corrected chi connectivity index (χ0v) is 16.2. The van der Waals surface area contributed by atoms with E-state index in [-0.39, 0.29) is 16.8 Å². The monoisotopic (exact) mass is 401 g/mol. The molecule has 0 radical (unpaired) electrons. The van der Waals surface area contributed by atoms with Gasteiger partial charge in [0.05, 0.1) is 16.2 Å². The maximum Gasteiger partial charge on any atom is 0.331 e. The van der Waals surface area contributed by atoms with Crippen molar-refractivity contribution in [3.05, 3.63) is 68.7 Å². The first-order chi connectivity index (χ1) is 13.4. The van der Waals surface area contributed by atoms with Crippen molar-refractivity contribution in [3.63, 3.8) is 0 Å². The number of likely N-dealkylation sites (tertiary alicyclic amines) is 1. The zero-order chi connectivity index (χ0) is 20.3. The minimum Gasteiger partial charge on any atom is -0.324 e. The van der Waals surface area contributed by atoms with Gasteiger partial charge in [0.25, 0.3) is 11.6 Å². The standard InChI is InChI=1S/C20H20ClN3O4/c1-14-17(9-6-10-18(14)24(27)28)19(25)23(16-8-5-7-15(21)13-16)20(26)22-11-3-2-4-12-22/h5-10,13H,2-4,11-12H2,1H3. The summed E-state index contributed by atoms with van der Waals surface area (Å²) < 4.78 is 0. The molecule has 28 heavy (non-hydrogen) atoms. The fraction of sp³-hybridized carbons (Fsp3) is 0.300. The molecule has 2 aromatic carbocycles. The van der Waals surface area contributed by atoms with Crippen molar-refractivity contribution in [2.45, 2.75) is 26.2 Å². The van der Waals surface area contributed by atoms with Crippen molar-refractivity contribution in [1.29, 1.82) is 0 Å². The number of piperidine rings is 1. The molecule has 1 aliphatic heterocycles. The lowest BCUT2D eigenvalue weighted by Crippen LogP contribution is -2.48. The SMILES string of the molecule is Cc1c(C(=O)N(C(=O)N2CCCCC2)c2cccc(Cl)c2)cccc1[N+](=O)[O-]. The van der Waals surface area contributed by atoms with E-state index < -0.39 is 16.9 Å². The quantitative estimate of drug-likeness (QED) is 0.545. The van der Waals surface area contributed by atoms with E-state index in [1.54, 1.807) is 23.1 Å². The van der Waals surface area contributed by atoms with Gasteiger partial charge in [-0.3, -0.25) is 14.9 Å². The largest absolute Gasteiger partial charge is 0.331 e. The first-order valence-electron chi connectivity index (χ1n) is 9.03. The molecule has 0 aliphatic carbocycles. The van der Waals surface area contributed by atoms with Crippen molar-refractivity contribution in [3.8, 4) is 0 Å². The number of nitro benzene ring substituents is 1. The Morgan fingerprint density at radius 1 is 1.11 bits per heavy atom. The summed E-state index contributed by atoms with van der Waals surface area (Å²) in [4.78, 5) is 40.0. The lowest BCUT2D eigenvalue weighted by atomic mass is 10.0. The summed E-state index contributed by atoms with van der Waals surface area (Å²) in [7, 11) is 0. The smallest absolute Gasteiger partial charge is 0.324 e. The zero-order valence-electron chi connectivity index (χ0n) is 15.4. The molecule has 0 unspecified atom stereocenters. The van der Waals surface area contributed by atoms with Crippen LogP contribution in [0.5, 0.6) is 0 Å². The molecule has 0 N–H and O–H groups in total. The number of hydrogen-bond acceptors (Lipinski definition) is 4. The van der Waals surface area contributed by atoms with E-state index in [1.165, 1.54) is 31.2 Å². The third kappa shape index (κ3) is 3.99. The van der Waals surface area contributed by atoms with Crippen LogP contribution < -0.4 is 4.90 Å². The van der Waals surface area contributed by atoms with Crippen LogP contribution in [-0.2, 0) is 0 Å². The molecule has 8 heteroatoms. The summed E-state index contributed by atoms with van der Waals surface area (Å²) in [5, 5.41) is 11.6. The Bertz CT molecular complexity index is 925. The third-order valence-corrected chi connectivity index (χ3v) is 5.05. The Labute approximate surface area is 167 Å². The molecule has 0 atom stereocenters. The lowest BCUT2D eigenvalue weighted by molar-refractivity contribution is -0.385. The van der Waals surface area contributed by atoms with Gasteiger partial charge in [0.2, 0.25) is 0 Å². The summed E-state index contributed by atoms with van der Waals surface area (Å²) in [5.74, 6) is -0.612. The second kappa shape index (κ2) is 8.39. The van der Waals surface area contributed by atoms with Gasteiger partial charge in [-0.15, -0.1) is 0 Å². The number of nitro groups is 1. The highest BCUT2D eigenvalue weighted by molar-refractivity contribution is 6.31. The number of benzene rings is 2. The molecule has 1 fully saturated rings. The van der Waals surface area contributed by atoms with Gasteiger partial charge in [0, 0.05) is 29.7 Å². The third-order valence-electron chi connectivity index (χ3n) is 4.82. The highest BCUT2D eigenvalue weighted by Crippen LogP contribution is 2.27. The summed E-state index contributed by atoms with van der Waals surface area (Å²) in [6.07, 6.45) is 2.79. The molecule has 0 saturated carbocycles. The molecule has 0 aromatic heterocycles. The van der Waals surface area contributed by atoms with Crippen LogP contribution in [0, 0.1) is 17.0 Å². The van der Waals surface area contributed by atoms with Crippen molar-refractivity contribution in [2.24, 2.45) is 0 Å². The first-order valence-corrected chi connectivity index (χ1v) is 9.41. The molecule has 1 aliphatic rings. The predicted octanol–water partition coefficient (Wildman–Crippen LogP) is 4.81. The van der Waals surface area contributed by atoms with Gasteiger partial charge in [0.15, 0.2) is 0 Å². The van der Waals surface area contributed by atoms with Crippen molar-refractivity contribution < 1.29 is 14.5 Å². The van der Waals surface area contributed by atoms with Crippen LogP contribution in [0.4, 0.5) is 16.2 Å². The molecule has 3 amide bonds. The summed E-state index contributed by atoms with van der Waals surface area (Å²) in [5.41, 5.74) is 0.497. The molecule has 7 nitrogen and oxygen atoms in total. The number of hydrogen-bond donors (Lipinski definition) is 0. The molecule has 2 aromatic rings. The molecule has 1 saturated heterocycles. The highest BCUT2D eigenvalue weighted by Gasteiger charge is 2.32. The molecular weight excluding hydrogens is 382 g/mol. The Morgan fingerprint density at radius 2 is 1.79 bits per heavy atom. The van der Waals surface area contributed by atoms with Crippen LogP contribution in [0.15, 0.2) is 42.5 Å². The Kier molecular flexibility index (Phi) is 5.94. The molecular formula is C20H20ClN3O4. The van der Waals surface area contributed by atoms with Gasteiger partial charge in [-0.1, -0.05) is 23.7 Å². The number of urea groups is 1. The van der Waals surface area contributed by atoms with Gasteiger partial charge < -0.3 is 4.90 Å². The highest BCUT2D eigenvalue weighted by atomic mass is 35.5. The summed E-state index contributed by atoms with van der Waals surface area (Å²) >= 11 is 6.08. The number of anilines is 1. The molecule has 146 valence electrons. The first kappa shape index (κ1) is 19.8. The van der Waals surface area contributed by atoms with Crippen LogP contribution in [0.3, 0.4) is 0 Å². The topological polar surface area (TPSA) is 83.8 Å². The van der Waals surface area contributed by atoms with Crippen LogP contribution >= 0.6 is 11.6 Å². The minimum atomic E-state index is -0.612. The Balaban J connectivity index is 2.06. The van der Waals surface area contributed by atoms with E-state index in [2.05, 4.69) is 0 Å². The Morgan fingerprint density at radius 3 is 2.43 bits per heavy atom. The minimum absolute atomic E-state index is 0.111. The predicted molar refractivity (Wildman–Crippen MR) is 107 cm³/mol. The molecule has 0 bridgehead atoms. The van der Waals surface area contributed by atoms with E-state index in [9.17, 15) is 19.7 Å². The van der Waals surface area contributed by atoms with Crippen molar-refractivity contribution >= 4 is 34.9 Å². The van der Waals surface area contributed by atoms with Crippen LogP contribution in [-0.4, -0.2) is 34.9 Å². The molecule has 1 heterocycles. The number of carbonyl (C=O) groups is 2. The summed E-state index contributed by atoms with van der Waals surface area (Å²) in [6, 6.07) is 10.3. The lowest BCUT2D eigenvalue weighted by Gasteiger charge is -2.32.